The highest BCUT2D eigenvalue weighted by molar-refractivity contribution is 5.88. The van der Waals surface area contributed by atoms with Crippen LogP contribution in [0.4, 0.5) is 4.79 Å². The molecule has 4 rings (SSSR count). The van der Waals surface area contributed by atoms with E-state index in [0.29, 0.717) is 5.92 Å². The molecule has 1 saturated heterocycles. The highest BCUT2D eigenvalue weighted by Crippen LogP contribution is 2.53. The first-order valence-electron chi connectivity index (χ1n) is 9.32. The number of amides is 2. The molecule has 2 fully saturated rings. The molecule has 1 aromatic heterocycles. The predicted octanol–water partition coefficient (Wildman–Crippen LogP) is 2.72. The van der Waals surface area contributed by atoms with Gasteiger partial charge in [-0.3, -0.25) is 4.79 Å². The third-order valence-corrected chi connectivity index (χ3v) is 5.59. The summed E-state index contributed by atoms with van der Waals surface area (Å²) in [7, 11) is 1.27. The summed E-state index contributed by atoms with van der Waals surface area (Å²) in [6.07, 6.45) is 12.9. The van der Waals surface area contributed by atoms with Crippen LogP contribution in [-0.2, 0) is 9.53 Å². The van der Waals surface area contributed by atoms with Gasteiger partial charge in [0.15, 0.2) is 0 Å². The summed E-state index contributed by atoms with van der Waals surface area (Å²) in [4.78, 5) is 34.5. The second-order valence-electron chi connectivity index (χ2n) is 7.25. The normalized spacial score (nSPS) is 26.8. The van der Waals surface area contributed by atoms with E-state index < -0.39 is 12.1 Å². The van der Waals surface area contributed by atoms with Gasteiger partial charge in [0.25, 0.3) is 0 Å². The summed E-state index contributed by atoms with van der Waals surface area (Å²) in [5.41, 5.74) is 2.24. The maximum atomic E-state index is 13.1. The Morgan fingerprint density at radius 3 is 3.04 bits per heavy atom. The number of hydrogen-bond donors (Lipinski definition) is 2. The number of allylic oxidation sites excluding steroid dienone is 4. The summed E-state index contributed by atoms with van der Waals surface area (Å²) < 4.78 is 4.62. The number of alkyl carbamates (subject to hydrolysis) is 1. The van der Waals surface area contributed by atoms with Gasteiger partial charge in [-0.2, -0.15) is 0 Å². The van der Waals surface area contributed by atoms with E-state index in [4.69, 9.17) is 0 Å². The van der Waals surface area contributed by atoms with Gasteiger partial charge in [-0.05, 0) is 37.2 Å². The number of H-pyrrole nitrogens is 1. The molecule has 1 aromatic rings. The van der Waals surface area contributed by atoms with Crippen molar-refractivity contribution in [3.63, 3.8) is 0 Å². The van der Waals surface area contributed by atoms with E-state index in [0.717, 1.165) is 37.2 Å². The van der Waals surface area contributed by atoms with Crippen molar-refractivity contribution in [1.29, 1.82) is 0 Å². The molecule has 27 heavy (non-hydrogen) atoms. The van der Waals surface area contributed by atoms with Gasteiger partial charge in [-0.15, -0.1) is 6.58 Å². The molecule has 0 bridgehead atoms. The fourth-order valence-electron chi connectivity index (χ4n) is 4.08. The molecule has 7 nitrogen and oxygen atoms in total. The quantitative estimate of drug-likeness (QED) is 0.783. The van der Waals surface area contributed by atoms with Crippen molar-refractivity contribution in [3.8, 4) is 0 Å². The maximum Gasteiger partial charge on any atom is 0.407 e. The first-order valence-corrected chi connectivity index (χ1v) is 9.32. The van der Waals surface area contributed by atoms with Gasteiger partial charge in [-0.25, -0.2) is 9.78 Å². The molecule has 1 saturated carbocycles. The Kier molecular flexibility index (Phi) is 4.59. The lowest BCUT2D eigenvalue weighted by molar-refractivity contribution is -0.134. The van der Waals surface area contributed by atoms with Gasteiger partial charge in [0, 0.05) is 6.04 Å². The zero-order valence-electron chi connectivity index (χ0n) is 15.4. The third-order valence-electron chi connectivity index (χ3n) is 5.59. The Morgan fingerprint density at radius 2 is 2.33 bits per heavy atom. The number of methoxy groups -OCH3 is 1. The number of nitrogens with zero attached hydrogens (tertiary/aromatic N) is 2. The summed E-state index contributed by atoms with van der Waals surface area (Å²) in [5, 5.41) is 2.54. The minimum atomic E-state index is -0.806. The van der Waals surface area contributed by atoms with Gasteiger partial charge >= 0.3 is 6.09 Å². The molecule has 4 unspecified atom stereocenters. The van der Waals surface area contributed by atoms with Crippen LogP contribution in [0, 0.1) is 5.92 Å². The van der Waals surface area contributed by atoms with Gasteiger partial charge in [0.2, 0.25) is 5.91 Å². The summed E-state index contributed by atoms with van der Waals surface area (Å²) >= 11 is 0. The van der Waals surface area contributed by atoms with Gasteiger partial charge < -0.3 is 19.9 Å². The van der Waals surface area contributed by atoms with Crippen LogP contribution in [0.25, 0.3) is 5.57 Å². The molecule has 2 aliphatic carbocycles. The zero-order chi connectivity index (χ0) is 19.0. The van der Waals surface area contributed by atoms with Crippen LogP contribution in [0.1, 0.15) is 43.2 Å². The van der Waals surface area contributed by atoms with E-state index in [9.17, 15) is 9.59 Å². The molecule has 2 N–H and O–H groups in total. The molecular formula is C20H24N4O3. The molecule has 2 heterocycles. The lowest BCUT2D eigenvalue weighted by Gasteiger charge is -2.29. The minimum absolute atomic E-state index is 0.100. The van der Waals surface area contributed by atoms with E-state index >= 15 is 0 Å². The molecule has 1 aliphatic heterocycles. The largest absolute Gasteiger partial charge is 0.453 e. The van der Waals surface area contributed by atoms with Crippen LogP contribution in [0.5, 0.6) is 0 Å². The fraction of sp³-hybridized carbons (Fsp3) is 0.450. The number of carbonyl (C=O) groups is 2. The highest BCUT2D eigenvalue weighted by Gasteiger charge is 2.55. The standard InChI is InChI=1S/C20H24N4O3/c1-3-14(23-20(26)27-2)19(25)24-16-9-13(16)10-17(24)18-21-11-15(22-18)12-7-5-4-6-8-12/h3-5,7,11,13-14,16-17H,1,6,8-10H2,2H3,(H,21,22)(H,23,26). The number of nitrogens with one attached hydrogen (secondary N) is 2. The molecule has 0 aromatic carbocycles. The Morgan fingerprint density at radius 1 is 1.48 bits per heavy atom. The van der Waals surface area contributed by atoms with Crippen LogP contribution >= 0.6 is 0 Å². The number of aromatic amines is 1. The number of rotatable bonds is 5. The van der Waals surface area contributed by atoms with Gasteiger partial charge in [0.1, 0.15) is 11.9 Å². The first kappa shape index (κ1) is 17.6. The molecule has 142 valence electrons. The number of likely N-dealkylation sites (tertiary alicyclic amines) is 1. The molecule has 0 spiro atoms. The number of ether oxygens (including phenoxy) is 1. The van der Waals surface area contributed by atoms with Crippen molar-refractivity contribution in [2.24, 2.45) is 5.92 Å². The number of aromatic nitrogens is 2. The number of carbonyl (C=O) groups excluding carboxylic acids is 2. The number of imidazole rings is 1. The molecule has 4 atom stereocenters. The third kappa shape index (κ3) is 3.29. The topological polar surface area (TPSA) is 87.3 Å². The second kappa shape index (κ2) is 7.06. The Bertz CT molecular complexity index is 825. The average Bonchev–Trinajstić information content (AvgIpc) is 3.14. The smallest absolute Gasteiger partial charge is 0.407 e. The number of piperidine rings is 1. The molecule has 3 aliphatic rings. The Labute approximate surface area is 158 Å². The summed E-state index contributed by atoms with van der Waals surface area (Å²) in [5.74, 6) is 1.15. The maximum absolute atomic E-state index is 13.1. The molecular weight excluding hydrogens is 344 g/mol. The van der Waals surface area contributed by atoms with E-state index in [2.05, 4.69) is 44.8 Å². The van der Waals surface area contributed by atoms with Crippen LogP contribution < -0.4 is 5.32 Å². The SMILES string of the molecule is C=CC(NC(=O)OC)C(=O)N1C(c2ncc(C3=CC=CCC3)[nH]2)CC2CC21. The lowest BCUT2D eigenvalue weighted by Crippen LogP contribution is -2.48. The van der Waals surface area contributed by atoms with Gasteiger partial charge in [-0.1, -0.05) is 24.3 Å². The van der Waals surface area contributed by atoms with Crippen molar-refractivity contribution in [2.45, 2.75) is 43.8 Å². The monoisotopic (exact) mass is 368 g/mol. The van der Waals surface area contributed by atoms with Crippen LogP contribution in [0.3, 0.4) is 0 Å². The molecule has 2 amide bonds. The highest BCUT2D eigenvalue weighted by atomic mass is 16.5. The fourth-order valence-corrected chi connectivity index (χ4v) is 4.08. The van der Waals surface area contributed by atoms with Crippen molar-refractivity contribution in [3.05, 3.63) is 48.6 Å². The van der Waals surface area contributed by atoms with E-state index in [1.807, 2.05) is 11.1 Å². The van der Waals surface area contributed by atoms with E-state index in [1.54, 1.807) is 0 Å². The number of hydrogen-bond acceptors (Lipinski definition) is 4. The van der Waals surface area contributed by atoms with Crippen LogP contribution in [-0.4, -0.2) is 46.1 Å². The van der Waals surface area contributed by atoms with Gasteiger partial charge in [0.05, 0.1) is 25.0 Å². The summed E-state index contributed by atoms with van der Waals surface area (Å²) in [6, 6.07) is -0.689. The Balaban J connectivity index is 1.54. The van der Waals surface area contributed by atoms with Crippen LogP contribution in [0.2, 0.25) is 0 Å². The van der Waals surface area contributed by atoms with Crippen LogP contribution in [0.15, 0.2) is 37.1 Å². The average molecular weight is 368 g/mol. The van der Waals surface area contributed by atoms with E-state index in [1.165, 1.54) is 18.8 Å². The first-order chi connectivity index (χ1) is 13.1. The van der Waals surface area contributed by atoms with Crippen molar-refractivity contribution < 1.29 is 14.3 Å². The van der Waals surface area contributed by atoms with Crippen molar-refractivity contribution >= 4 is 17.6 Å². The van der Waals surface area contributed by atoms with Crippen molar-refractivity contribution in [2.75, 3.05) is 7.11 Å². The predicted molar refractivity (Wildman–Crippen MR) is 101 cm³/mol. The lowest BCUT2D eigenvalue weighted by atomic mass is 10.0. The zero-order valence-corrected chi connectivity index (χ0v) is 15.4. The second-order valence-corrected chi connectivity index (χ2v) is 7.25. The molecule has 7 heteroatoms. The van der Waals surface area contributed by atoms with E-state index in [-0.39, 0.29) is 18.0 Å². The summed E-state index contributed by atoms with van der Waals surface area (Å²) in [6.45, 7) is 3.69. The number of fused-ring (bicyclic) bond motifs is 1. The molecule has 0 radical (unpaired) electrons. The van der Waals surface area contributed by atoms with Crippen molar-refractivity contribution in [1.82, 2.24) is 20.2 Å². The Hall–Kier alpha value is -2.83. The minimum Gasteiger partial charge on any atom is -0.453 e.